The number of aromatic nitrogens is 1. The van der Waals surface area contributed by atoms with Gasteiger partial charge in [-0.1, -0.05) is 6.07 Å². The zero-order valence-electron chi connectivity index (χ0n) is 13.8. The van der Waals surface area contributed by atoms with Crippen LogP contribution in [0.2, 0.25) is 0 Å². The van der Waals surface area contributed by atoms with E-state index in [4.69, 9.17) is 0 Å². The van der Waals surface area contributed by atoms with E-state index in [2.05, 4.69) is 10.5 Å². The highest BCUT2D eigenvalue weighted by atomic mass is 19.4. The van der Waals surface area contributed by atoms with Crippen LogP contribution in [0.5, 0.6) is 5.75 Å². The van der Waals surface area contributed by atoms with Crippen molar-refractivity contribution < 1.29 is 23.1 Å². The Kier molecular flexibility index (Phi) is 4.98. The number of amides is 1. The van der Waals surface area contributed by atoms with Crippen molar-refractivity contribution in [2.75, 3.05) is 0 Å². The molecule has 0 unspecified atom stereocenters. The third kappa shape index (κ3) is 4.35. The zero-order chi connectivity index (χ0) is 19.4. The van der Waals surface area contributed by atoms with Crippen LogP contribution in [-0.4, -0.2) is 21.8 Å². The Labute approximate surface area is 152 Å². The van der Waals surface area contributed by atoms with E-state index in [0.29, 0.717) is 5.69 Å². The molecule has 0 radical (unpaired) electrons. The van der Waals surface area contributed by atoms with Crippen LogP contribution < -0.4 is 5.43 Å². The number of nitrogens with one attached hydrogen (secondary N) is 1. The van der Waals surface area contributed by atoms with E-state index in [1.165, 1.54) is 24.4 Å². The summed E-state index contributed by atoms with van der Waals surface area (Å²) in [5.41, 5.74) is 2.57. The Morgan fingerprint density at radius 3 is 2.52 bits per heavy atom. The summed E-state index contributed by atoms with van der Waals surface area (Å²) in [4.78, 5) is 12.0. The van der Waals surface area contributed by atoms with E-state index in [9.17, 15) is 23.1 Å². The highest BCUT2D eigenvalue weighted by molar-refractivity contribution is 5.95. The second-order valence-corrected chi connectivity index (χ2v) is 5.60. The number of rotatable bonds is 4. The lowest BCUT2D eigenvalue weighted by Gasteiger charge is -2.08. The van der Waals surface area contributed by atoms with Gasteiger partial charge in [-0.15, -0.1) is 0 Å². The number of carbonyl (C=O) groups excluding carboxylic acids is 1. The first-order valence-electron chi connectivity index (χ1n) is 7.82. The molecule has 8 heteroatoms. The zero-order valence-corrected chi connectivity index (χ0v) is 13.8. The molecule has 0 aliphatic heterocycles. The van der Waals surface area contributed by atoms with Crippen molar-refractivity contribution in [1.29, 1.82) is 0 Å². The monoisotopic (exact) mass is 373 g/mol. The molecule has 0 atom stereocenters. The molecule has 2 N–H and O–H groups in total. The number of phenolic OH excluding ortho intramolecular Hbond substituents is 1. The SMILES string of the molecule is O=C(NN=Cc1cccn1-c1ccc(O)cc1)c1cccc(C(F)(F)F)c1. The molecular formula is C19H14F3N3O2. The minimum atomic E-state index is -4.52. The van der Waals surface area contributed by atoms with Gasteiger partial charge in [-0.25, -0.2) is 5.43 Å². The third-order valence-electron chi connectivity index (χ3n) is 3.72. The Balaban J connectivity index is 1.73. The second-order valence-electron chi connectivity index (χ2n) is 5.60. The first-order valence-corrected chi connectivity index (χ1v) is 7.82. The maximum Gasteiger partial charge on any atom is 0.416 e. The van der Waals surface area contributed by atoms with Crippen LogP contribution in [-0.2, 0) is 6.18 Å². The van der Waals surface area contributed by atoms with Crippen molar-refractivity contribution in [2.24, 2.45) is 5.10 Å². The Bertz CT molecular complexity index is 976. The van der Waals surface area contributed by atoms with Gasteiger partial charge >= 0.3 is 6.18 Å². The molecule has 1 amide bonds. The predicted molar refractivity (Wildman–Crippen MR) is 93.9 cm³/mol. The van der Waals surface area contributed by atoms with Gasteiger partial charge < -0.3 is 9.67 Å². The lowest BCUT2D eigenvalue weighted by Crippen LogP contribution is -2.18. The molecule has 1 aromatic heterocycles. The van der Waals surface area contributed by atoms with Crippen molar-refractivity contribution in [3.8, 4) is 11.4 Å². The average molecular weight is 373 g/mol. The van der Waals surface area contributed by atoms with Crippen LogP contribution in [0.1, 0.15) is 21.6 Å². The predicted octanol–water partition coefficient (Wildman–Crippen LogP) is 3.97. The van der Waals surface area contributed by atoms with E-state index in [0.717, 1.165) is 23.9 Å². The highest BCUT2D eigenvalue weighted by Gasteiger charge is 2.30. The average Bonchev–Trinajstić information content (AvgIpc) is 3.10. The number of halogens is 3. The minimum absolute atomic E-state index is 0.134. The third-order valence-corrected chi connectivity index (χ3v) is 3.72. The van der Waals surface area contributed by atoms with Gasteiger partial charge in [0.15, 0.2) is 0 Å². The van der Waals surface area contributed by atoms with Gasteiger partial charge in [0.25, 0.3) is 5.91 Å². The van der Waals surface area contributed by atoms with Crippen LogP contribution in [0, 0.1) is 0 Å². The lowest BCUT2D eigenvalue weighted by molar-refractivity contribution is -0.137. The molecule has 138 valence electrons. The normalized spacial score (nSPS) is 11.7. The van der Waals surface area contributed by atoms with Crippen LogP contribution in [0.3, 0.4) is 0 Å². The molecule has 3 rings (SSSR count). The fourth-order valence-electron chi connectivity index (χ4n) is 2.41. The van der Waals surface area contributed by atoms with E-state index in [1.54, 1.807) is 35.0 Å². The van der Waals surface area contributed by atoms with Crippen LogP contribution in [0.4, 0.5) is 13.2 Å². The molecule has 0 saturated carbocycles. The topological polar surface area (TPSA) is 66.6 Å². The Morgan fingerprint density at radius 2 is 1.81 bits per heavy atom. The molecule has 0 fully saturated rings. The van der Waals surface area contributed by atoms with Crippen molar-refractivity contribution >= 4 is 12.1 Å². The first-order chi connectivity index (χ1) is 12.8. The number of hydrogen-bond acceptors (Lipinski definition) is 3. The molecule has 3 aromatic rings. The molecule has 0 aliphatic rings. The van der Waals surface area contributed by atoms with Crippen LogP contribution >= 0.6 is 0 Å². The largest absolute Gasteiger partial charge is 0.508 e. The quantitative estimate of drug-likeness (QED) is 0.537. The van der Waals surface area contributed by atoms with Crippen molar-refractivity contribution in [3.63, 3.8) is 0 Å². The summed E-state index contributed by atoms with van der Waals surface area (Å²) in [5.74, 6) is -0.616. The van der Waals surface area contributed by atoms with Gasteiger partial charge in [0.1, 0.15) is 5.75 Å². The number of benzene rings is 2. The fraction of sp³-hybridized carbons (Fsp3) is 0.0526. The summed E-state index contributed by atoms with van der Waals surface area (Å²) in [5, 5.41) is 13.2. The Morgan fingerprint density at radius 1 is 1.07 bits per heavy atom. The number of hydrogen-bond donors (Lipinski definition) is 2. The maximum atomic E-state index is 12.7. The van der Waals surface area contributed by atoms with Gasteiger partial charge in [-0.2, -0.15) is 18.3 Å². The standard InChI is InChI=1S/C19H14F3N3O2/c20-19(21,22)14-4-1-3-13(11-14)18(27)24-23-12-16-5-2-10-25(16)15-6-8-17(26)9-7-15/h1-12,26H,(H,24,27). The summed E-state index contributed by atoms with van der Waals surface area (Å²) < 4.78 is 39.9. The van der Waals surface area contributed by atoms with Crippen molar-refractivity contribution in [3.05, 3.63) is 83.7 Å². The number of nitrogens with zero attached hydrogens (tertiary/aromatic N) is 2. The summed E-state index contributed by atoms with van der Waals surface area (Å²) in [7, 11) is 0. The molecule has 0 aliphatic carbocycles. The van der Waals surface area contributed by atoms with E-state index >= 15 is 0 Å². The summed E-state index contributed by atoms with van der Waals surface area (Å²) in [6, 6.07) is 14.1. The molecule has 5 nitrogen and oxygen atoms in total. The number of hydrazone groups is 1. The minimum Gasteiger partial charge on any atom is -0.508 e. The highest BCUT2D eigenvalue weighted by Crippen LogP contribution is 2.29. The summed E-state index contributed by atoms with van der Waals surface area (Å²) >= 11 is 0. The van der Waals surface area contributed by atoms with Crippen LogP contribution in [0.15, 0.2) is 72.0 Å². The lowest BCUT2D eigenvalue weighted by atomic mass is 10.1. The second kappa shape index (κ2) is 7.36. The fourth-order valence-corrected chi connectivity index (χ4v) is 2.41. The molecule has 2 aromatic carbocycles. The number of carbonyl (C=O) groups is 1. The summed E-state index contributed by atoms with van der Waals surface area (Å²) in [6.45, 7) is 0. The van der Waals surface area contributed by atoms with Gasteiger partial charge in [0.05, 0.1) is 17.5 Å². The molecule has 0 saturated heterocycles. The van der Waals surface area contributed by atoms with Gasteiger partial charge in [0, 0.05) is 17.4 Å². The van der Waals surface area contributed by atoms with Gasteiger partial charge in [-0.05, 0) is 54.6 Å². The van der Waals surface area contributed by atoms with E-state index in [1.807, 2.05) is 0 Å². The molecule has 27 heavy (non-hydrogen) atoms. The molecular weight excluding hydrogens is 359 g/mol. The van der Waals surface area contributed by atoms with Crippen molar-refractivity contribution in [1.82, 2.24) is 9.99 Å². The van der Waals surface area contributed by atoms with E-state index < -0.39 is 17.6 Å². The summed E-state index contributed by atoms with van der Waals surface area (Å²) in [6.07, 6.45) is -1.38. The Hall–Kier alpha value is -3.55. The number of aromatic hydroxyl groups is 1. The number of phenols is 1. The van der Waals surface area contributed by atoms with E-state index in [-0.39, 0.29) is 11.3 Å². The number of alkyl halides is 3. The van der Waals surface area contributed by atoms with Gasteiger partial charge in [-0.3, -0.25) is 4.79 Å². The van der Waals surface area contributed by atoms with Gasteiger partial charge in [0.2, 0.25) is 0 Å². The first kappa shape index (κ1) is 18.2. The van der Waals surface area contributed by atoms with Crippen molar-refractivity contribution in [2.45, 2.75) is 6.18 Å². The van der Waals surface area contributed by atoms with Crippen LogP contribution in [0.25, 0.3) is 5.69 Å². The molecule has 0 spiro atoms. The maximum absolute atomic E-state index is 12.7. The molecule has 1 heterocycles. The smallest absolute Gasteiger partial charge is 0.416 e. The molecule has 0 bridgehead atoms.